The highest BCUT2D eigenvalue weighted by Gasteiger charge is 2.40. The van der Waals surface area contributed by atoms with Gasteiger partial charge in [-0.15, -0.1) is 0 Å². The van der Waals surface area contributed by atoms with Crippen molar-refractivity contribution in [3.63, 3.8) is 0 Å². The molecular weight excluding hydrogens is 292 g/mol. The van der Waals surface area contributed by atoms with Gasteiger partial charge in [0.2, 0.25) is 5.91 Å². The number of carbonyl (C=O) groups is 1. The molecule has 2 heterocycles. The van der Waals surface area contributed by atoms with Crippen molar-refractivity contribution in [3.05, 3.63) is 23.3 Å². The molecule has 5 heteroatoms. The molecule has 5 nitrogen and oxygen atoms in total. The number of rotatable bonds is 3. The molecule has 23 heavy (non-hydrogen) atoms. The van der Waals surface area contributed by atoms with Gasteiger partial charge in [0.1, 0.15) is 0 Å². The van der Waals surface area contributed by atoms with Crippen LogP contribution >= 0.6 is 0 Å². The molecule has 3 aliphatic rings. The highest BCUT2D eigenvalue weighted by molar-refractivity contribution is 5.83. The normalized spacial score (nSPS) is 27.2. The number of nitrogens with zero attached hydrogens (tertiary/aromatic N) is 1. The van der Waals surface area contributed by atoms with Crippen LogP contribution in [-0.4, -0.2) is 42.2 Å². The zero-order valence-corrected chi connectivity index (χ0v) is 13.5. The molecule has 2 N–H and O–H groups in total. The first kappa shape index (κ1) is 14.8. The lowest BCUT2D eigenvalue weighted by molar-refractivity contribution is -0.140. The molecular formula is C18H24N2O3. The molecule has 2 atom stereocenters. The largest absolute Gasteiger partial charge is 0.504 e. The SMILES string of the molecule is COc1cc2c(cc1O)CCN1C(=O)C(CC3CCC3)NCC21. The molecule has 124 valence electrons. The molecule has 1 saturated carbocycles. The van der Waals surface area contributed by atoms with Gasteiger partial charge in [0.15, 0.2) is 11.5 Å². The van der Waals surface area contributed by atoms with E-state index < -0.39 is 0 Å². The van der Waals surface area contributed by atoms with E-state index in [1.807, 2.05) is 11.0 Å². The van der Waals surface area contributed by atoms with Gasteiger partial charge in [-0.3, -0.25) is 4.79 Å². The first-order valence-electron chi connectivity index (χ1n) is 8.61. The van der Waals surface area contributed by atoms with Crippen LogP contribution < -0.4 is 10.1 Å². The van der Waals surface area contributed by atoms with E-state index >= 15 is 0 Å². The van der Waals surface area contributed by atoms with E-state index in [1.165, 1.54) is 19.3 Å². The zero-order chi connectivity index (χ0) is 16.0. The lowest BCUT2D eigenvalue weighted by Gasteiger charge is -2.45. The second-order valence-electron chi connectivity index (χ2n) is 7.01. The highest BCUT2D eigenvalue weighted by Crippen LogP contribution is 2.39. The molecule has 4 rings (SSSR count). The summed E-state index contributed by atoms with van der Waals surface area (Å²) in [6.45, 7) is 1.52. The quantitative estimate of drug-likeness (QED) is 0.895. The number of fused-ring (bicyclic) bond motifs is 3. The van der Waals surface area contributed by atoms with Crippen molar-refractivity contribution in [3.8, 4) is 11.5 Å². The maximum absolute atomic E-state index is 12.8. The summed E-state index contributed by atoms with van der Waals surface area (Å²) in [7, 11) is 1.56. The minimum Gasteiger partial charge on any atom is -0.504 e. The second kappa shape index (κ2) is 5.71. The Morgan fingerprint density at radius 3 is 2.91 bits per heavy atom. The van der Waals surface area contributed by atoms with Crippen LogP contribution in [0.4, 0.5) is 0 Å². The van der Waals surface area contributed by atoms with Crippen LogP contribution in [0.5, 0.6) is 11.5 Å². The van der Waals surface area contributed by atoms with Gasteiger partial charge < -0.3 is 20.1 Å². The second-order valence-corrected chi connectivity index (χ2v) is 7.01. The molecule has 0 radical (unpaired) electrons. The first-order chi connectivity index (χ1) is 11.2. The number of phenolic OH excluding ortho intramolecular Hbond substituents is 1. The predicted octanol–water partition coefficient (Wildman–Crippen LogP) is 1.99. The third-order valence-electron chi connectivity index (χ3n) is 5.73. The monoisotopic (exact) mass is 316 g/mol. The fourth-order valence-corrected chi connectivity index (χ4v) is 4.15. The number of hydrogen-bond acceptors (Lipinski definition) is 4. The van der Waals surface area contributed by atoms with Crippen molar-refractivity contribution in [1.29, 1.82) is 0 Å². The summed E-state index contributed by atoms with van der Waals surface area (Å²) in [5.41, 5.74) is 2.23. The van der Waals surface area contributed by atoms with Gasteiger partial charge in [-0.2, -0.15) is 0 Å². The van der Waals surface area contributed by atoms with Crippen LogP contribution in [0.3, 0.4) is 0 Å². The van der Waals surface area contributed by atoms with E-state index in [0.717, 1.165) is 43.0 Å². The molecule has 1 aromatic rings. The van der Waals surface area contributed by atoms with Crippen molar-refractivity contribution in [2.75, 3.05) is 20.2 Å². The number of nitrogens with one attached hydrogen (secondary N) is 1. The molecule has 0 bridgehead atoms. The van der Waals surface area contributed by atoms with E-state index in [4.69, 9.17) is 4.74 Å². The molecule has 2 fully saturated rings. The number of amides is 1. The van der Waals surface area contributed by atoms with Gasteiger partial charge in [0, 0.05) is 13.1 Å². The van der Waals surface area contributed by atoms with Crippen molar-refractivity contribution in [1.82, 2.24) is 10.2 Å². The predicted molar refractivity (Wildman–Crippen MR) is 86.6 cm³/mol. The zero-order valence-electron chi connectivity index (χ0n) is 13.5. The van der Waals surface area contributed by atoms with E-state index in [1.54, 1.807) is 13.2 Å². The van der Waals surface area contributed by atoms with Gasteiger partial charge in [0.05, 0.1) is 19.2 Å². The van der Waals surface area contributed by atoms with Crippen LogP contribution in [0, 0.1) is 5.92 Å². The van der Waals surface area contributed by atoms with Crippen LogP contribution in [0.25, 0.3) is 0 Å². The van der Waals surface area contributed by atoms with Gasteiger partial charge in [-0.1, -0.05) is 19.3 Å². The number of piperazine rings is 1. The van der Waals surface area contributed by atoms with Gasteiger partial charge in [-0.25, -0.2) is 0 Å². The Labute approximate surface area is 136 Å². The minimum absolute atomic E-state index is 0.0166. The summed E-state index contributed by atoms with van der Waals surface area (Å²) < 4.78 is 5.24. The Bertz CT molecular complexity index is 627. The Balaban J connectivity index is 1.57. The summed E-state index contributed by atoms with van der Waals surface area (Å²) in [6.07, 6.45) is 5.63. The number of ether oxygens (including phenoxy) is 1. The number of methoxy groups -OCH3 is 1. The van der Waals surface area contributed by atoms with Gasteiger partial charge in [0.25, 0.3) is 0 Å². The number of aromatic hydroxyl groups is 1. The smallest absolute Gasteiger partial charge is 0.240 e. The van der Waals surface area contributed by atoms with E-state index in [-0.39, 0.29) is 23.7 Å². The van der Waals surface area contributed by atoms with Crippen molar-refractivity contribution in [2.24, 2.45) is 5.92 Å². The van der Waals surface area contributed by atoms with Gasteiger partial charge >= 0.3 is 0 Å². The highest BCUT2D eigenvalue weighted by atomic mass is 16.5. The topological polar surface area (TPSA) is 61.8 Å². The Morgan fingerprint density at radius 2 is 2.22 bits per heavy atom. The Hall–Kier alpha value is -1.75. The number of phenols is 1. The lowest BCUT2D eigenvalue weighted by Crippen LogP contribution is -2.58. The number of hydrogen-bond donors (Lipinski definition) is 2. The fourth-order valence-electron chi connectivity index (χ4n) is 4.15. The standard InChI is InChI=1S/C18H24N2O3/c1-23-17-9-13-12(8-16(17)21)5-6-20-15(13)10-19-14(18(20)22)7-11-3-2-4-11/h8-9,11,14-15,19,21H,2-7,10H2,1H3. The van der Waals surface area contributed by atoms with E-state index in [2.05, 4.69) is 5.32 Å². The maximum atomic E-state index is 12.8. The molecule has 2 aliphatic heterocycles. The number of benzene rings is 1. The van der Waals surface area contributed by atoms with Crippen molar-refractivity contribution < 1.29 is 14.6 Å². The molecule has 1 saturated heterocycles. The molecule has 2 unspecified atom stereocenters. The fraction of sp³-hybridized carbons (Fsp3) is 0.611. The van der Waals surface area contributed by atoms with E-state index in [0.29, 0.717) is 5.75 Å². The van der Waals surface area contributed by atoms with Gasteiger partial charge in [-0.05, 0) is 42.0 Å². The first-order valence-corrected chi connectivity index (χ1v) is 8.61. The van der Waals surface area contributed by atoms with Crippen molar-refractivity contribution in [2.45, 2.75) is 44.2 Å². The molecule has 1 amide bonds. The maximum Gasteiger partial charge on any atom is 0.240 e. The Morgan fingerprint density at radius 1 is 1.39 bits per heavy atom. The van der Waals surface area contributed by atoms with Crippen LogP contribution in [-0.2, 0) is 11.2 Å². The molecule has 1 aliphatic carbocycles. The van der Waals surface area contributed by atoms with E-state index in [9.17, 15) is 9.90 Å². The number of carbonyl (C=O) groups excluding carboxylic acids is 1. The van der Waals surface area contributed by atoms with Crippen LogP contribution in [0.1, 0.15) is 42.9 Å². The summed E-state index contributed by atoms with van der Waals surface area (Å²) in [5, 5.41) is 13.4. The molecule has 1 aromatic carbocycles. The lowest BCUT2D eigenvalue weighted by atomic mass is 9.79. The average Bonchev–Trinajstić information content (AvgIpc) is 2.51. The molecule has 0 aromatic heterocycles. The Kier molecular flexibility index (Phi) is 3.68. The summed E-state index contributed by atoms with van der Waals surface area (Å²) in [6, 6.07) is 3.72. The van der Waals surface area contributed by atoms with Crippen LogP contribution in [0.2, 0.25) is 0 Å². The van der Waals surface area contributed by atoms with Crippen LogP contribution in [0.15, 0.2) is 12.1 Å². The third kappa shape index (κ3) is 2.47. The average molecular weight is 316 g/mol. The summed E-state index contributed by atoms with van der Waals surface area (Å²) in [5.74, 6) is 1.63. The van der Waals surface area contributed by atoms with Crippen molar-refractivity contribution >= 4 is 5.91 Å². The summed E-state index contributed by atoms with van der Waals surface area (Å²) >= 11 is 0. The molecule has 0 spiro atoms. The summed E-state index contributed by atoms with van der Waals surface area (Å²) in [4.78, 5) is 14.9. The minimum atomic E-state index is -0.0166. The third-order valence-corrected chi connectivity index (χ3v) is 5.73.